The number of aromatic nitrogens is 2. The van der Waals surface area contributed by atoms with E-state index in [1.807, 2.05) is 18.2 Å². The third-order valence-electron chi connectivity index (χ3n) is 2.29. The van der Waals surface area contributed by atoms with Crippen molar-refractivity contribution in [1.29, 1.82) is 0 Å². The number of halogens is 1. The van der Waals surface area contributed by atoms with Gasteiger partial charge in [-0.1, -0.05) is 12.1 Å². The number of anilines is 1. The Hall–Kier alpha value is -1.01. The van der Waals surface area contributed by atoms with E-state index in [9.17, 15) is 0 Å². The molecule has 0 atom stereocenters. The molecule has 0 fully saturated rings. The molecule has 0 aliphatic heterocycles. The fourth-order valence-electron chi connectivity index (χ4n) is 1.45. The predicted octanol–water partition coefficient (Wildman–Crippen LogP) is 3.66. The van der Waals surface area contributed by atoms with Crippen LogP contribution in [0.15, 0.2) is 32.1 Å². The van der Waals surface area contributed by atoms with Crippen molar-refractivity contribution in [1.82, 2.24) is 10.1 Å². The van der Waals surface area contributed by atoms with Crippen LogP contribution in [0.25, 0.3) is 0 Å². The second kappa shape index (κ2) is 6.24. The van der Waals surface area contributed by atoms with E-state index in [1.54, 1.807) is 11.8 Å². The highest BCUT2D eigenvalue weighted by molar-refractivity contribution is 9.10. The average Bonchev–Trinajstić information content (AvgIpc) is 2.76. The van der Waals surface area contributed by atoms with Gasteiger partial charge < -0.3 is 10.3 Å². The van der Waals surface area contributed by atoms with Crippen molar-refractivity contribution < 1.29 is 4.52 Å². The third-order valence-corrected chi connectivity index (χ3v) is 4.27. The van der Waals surface area contributed by atoms with Gasteiger partial charge in [-0.25, -0.2) is 0 Å². The van der Waals surface area contributed by atoms with Crippen LogP contribution < -0.4 is 5.73 Å². The molecule has 0 saturated carbocycles. The summed E-state index contributed by atoms with van der Waals surface area (Å²) >= 11 is 5.12. The molecule has 0 saturated heterocycles. The van der Waals surface area contributed by atoms with Crippen LogP contribution in [0, 0.1) is 0 Å². The number of aryl methyl sites for hydroxylation is 1. The lowest BCUT2D eigenvalue weighted by molar-refractivity contribution is 0.384. The molecule has 0 unspecified atom stereocenters. The maximum Gasteiger partial charge on any atom is 0.237 e. The van der Waals surface area contributed by atoms with Crippen molar-refractivity contribution in [2.45, 2.75) is 30.4 Å². The van der Waals surface area contributed by atoms with Crippen LogP contribution in [0.3, 0.4) is 0 Å². The molecule has 6 heteroatoms. The molecule has 1 aromatic carbocycles. The predicted molar refractivity (Wildman–Crippen MR) is 76.4 cm³/mol. The standard InChI is InChI=1S/C12H14BrN3OS/c1-2-3-11-15-12(17-16-11)7-18-10-5-4-8(14)6-9(10)13/h4-6H,2-3,7,14H2,1H3. The molecule has 4 nitrogen and oxygen atoms in total. The zero-order valence-corrected chi connectivity index (χ0v) is 12.4. The molecular formula is C12H14BrN3OS. The Morgan fingerprint density at radius 2 is 2.28 bits per heavy atom. The first-order valence-corrected chi connectivity index (χ1v) is 7.46. The molecular weight excluding hydrogens is 314 g/mol. The van der Waals surface area contributed by atoms with E-state index in [-0.39, 0.29) is 0 Å². The average molecular weight is 328 g/mol. The van der Waals surface area contributed by atoms with E-state index in [0.717, 1.165) is 33.7 Å². The van der Waals surface area contributed by atoms with Gasteiger partial charge in [-0.05, 0) is 40.5 Å². The van der Waals surface area contributed by atoms with Crippen LogP contribution in [-0.2, 0) is 12.2 Å². The van der Waals surface area contributed by atoms with Gasteiger partial charge in [-0.2, -0.15) is 4.98 Å². The van der Waals surface area contributed by atoms with Crippen molar-refractivity contribution in [3.05, 3.63) is 34.4 Å². The van der Waals surface area contributed by atoms with Gasteiger partial charge in [0.15, 0.2) is 5.82 Å². The van der Waals surface area contributed by atoms with Gasteiger partial charge in [-0.3, -0.25) is 0 Å². The minimum Gasteiger partial charge on any atom is -0.399 e. The number of nitrogens with two attached hydrogens (primary N) is 1. The van der Waals surface area contributed by atoms with Crippen LogP contribution in [-0.4, -0.2) is 10.1 Å². The Labute approximate surface area is 118 Å². The molecule has 0 aliphatic rings. The monoisotopic (exact) mass is 327 g/mol. The van der Waals surface area contributed by atoms with Crippen molar-refractivity contribution in [2.24, 2.45) is 0 Å². The lowest BCUT2D eigenvalue weighted by atomic mass is 10.3. The van der Waals surface area contributed by atoms with Gasteiger partial charge in [0.05, 0.1) is 5.75 Å². The maximum atomic E-state index is 5.69. The van der Waals surface area contributed by atoms with Gasteiger partial charge in [0, 0.05) is 21.5 Å². The fraction of sp³-hybridized carbons (Fsp3) is 0.333. The number of hydrogen-bond donors (Lipinski definition) is 1. The lowest BCUT2D eigenvalue weighted by Gasteiger charge is -2.02. The normalized spacial score (nSPS) is 10.8. The first kappa shape index (κ1) is 13.4. The largest absolute Gasteiger partial charge is 0.399 e. The fourth-order valence-corrected chi connectivity index (χ4v) is 2.94. The van der Waals surface area contributed by atoms with Crippen molar-refractivity contribution in [2.75, 3.05) is 5.73 Å². The Balaban J connectivity index is 1.97. The van der Waals surface area contributed by atoms with Crippen LogP contribution >= 0.6 is 27.7 Å². The molecule has 0 radical (unpaired) electrons. The number of hydrogen-bond acceptors (Lipinski definition) is 5. The number of nitrogens with zero attached hydrogens (tertiary/aromatic N) is 2. The molecule has 1 aromatic heterocycles. The Bertz CT molecular complexity index is 530. The Kier molecular flexibility index (Phi) is 4.66. The number of rotatable bonds is 5. The first-order valence-electron chi connectivity index (χ1n) is 5.68. The Morgan fingerprint density at radius 1 is 1.44 bits per heavy atom. The topological polar surface area (TPSA) is 64.9 Å². The summed E-state index contributed by atoms with van der Waals surface area (Å²) in [7, 11) is 0. The minimum atomic E-state index is 0.659. The summed E-state index contributed by atoms with van der Waals surface area (Å²) in [6.07, 6.45) is 1.88. The molecule has 0 aliphatic carbocycles. The maximum absolute atomic E-state index is 5.69. The van der Waals surface area contributed by atoms with Crippen LogP contribution in [0.5, 0.6) is 0 Å². The molecule has 96 valence electrons. The molecule has 2 rings (SSSR count). The summed E-state index contributed by atoms with van der Waals surface area (Å²) in [6.45, 7) is 2.09. The van der Waals surface area contributed by atoms with E-state index in [1.165, 1.54) is 0 Å². The highest BCUT2D eigenvalue weighted by Crippen LogP contribution is 2.31. The smallest absolute Gasteiger partial charge is 0.237 e. The number of thioether (sulfide) groups is 1. The summed E-state index contributed by atoms with van der Waals surface area (Å²) in [5, 5.41) is 3.92. The lowest BCUT2D eigenvalue weighted by Crippen LogP contribution is -1.87. The van der Waals surface area contributed by atoms with Gasteiger partial charge >= 0.3 is 0 Å². The number of nitrogen functional groups attached to an aromatic ring is 1. The number of benzene rings is 1. The van der Waals surface area contributed by atoms with Crippen molar-refractivity contribution >= 4 is 33.4 Å². The summed E-state index contributed by atoms with van der Waals surface area (Å²) in [5.41, 5.74) is 6.44. The summed E-state index contributed by atoms with van der Waals surface area (Å²) in [6, 6.07) is 5.75. The molecule has 1 heterocycles. The van der Waals surface area contributed by atoms with E-state index in [4.69, 9.17) is 10.3 Å². The van der Waals surface area contributed by atoms with Crippen molar-refractivity contribution in [3.8, 4) is 0 Å². The summed E-state index contributed by atoms with van der Waals surface area (Å²) < 4.78 is 6.17. The van der Waals surface area contributed by atoms with Gasteiger partial charge in [0.2, 0.25) is 5.89 Å². The highest BCUT2D eigenvalue weighted by atomic mass is 79.9. The van der Waals surface area contributed by atoms with Gasteiger partial charge in [0.1, 0.15) is 0 Å². The Morgan fingerprint density at radius 3 is 3.00 bits per heavy atom. The molecule has 0 bridgehead atoms. The molecule has 18 heavy (non-hydrogen) atoms. The first-order chi connectivity index (χ1) is 8.69. The zero-order valence-electron chi connectivity index (χ0n) is 10.0. The summed E-state index contributed by atoms with van der Waals surface area (Å²) in [5.74, 6) is 2.11. The second-order valence-corrected chi connectivity index (χ2v) is 5.70. The minimum absolute atomic E-state index is 0.659. The molecule has 2 N–H and O–H groups in total. The molecule has 2 aromatic rings. The SMILES string of the molecule is CCCc1noc(CSc2ccc(N)cc2Br)n1. The highest BCUT2D eigenvalue weighted by Gasteiger charge is 2.07. The quantitative estimate of drug-likeness (QED) is 0.670. The van der Waals surface area contributed by atoms with Crippen LogP contribution in [0.2, 0.25) is 0 Å². The molecule has 0 spiro atoms. The van der Waals surface area contributed by atoms with Gasteiger partial charge in [0.25, 0.3) is 0 Å². The van der Waals surface area contributed by atoms with Crippen molar-refractivity contribution in [3.63, 3.8) is 0 Å². The van der Waals surface area contributed by atoms with E-state index in [0.29, 0.717) is 11.6 Å². The van der Waals surface area contributed by atoms with E-state index < -0.39 is 0 Å². The third kappa shape index (κ3) is 3.49. The molecule has 0 amide bonds. The van der Waals surface area contributed by atoms with Gasteiger partial charge in [-0.15, -0.1) is 11.8 Å². The summed E-state index contributed by atoms with van der Waals surface area (Å²) in [4.78, 5) is 5.43. The van der Waals surface area contributed by atoms with E-state index >= 15 is 0 Å². The van der Waals surface area contributed by atoms with E-state index in [2.05, 4.69) is 33.0 Å². The second-order valence-electron chi connectivity index (χ2n) is 3.83. The zero-order chi connectivity index (χ0) is 13.0. The van der Waals surface area contributed by atoms with Crippen LogP contribution in [0.4, 0.5) is 5.69 Å². The van der Waals surface area contributed by atoms with Crippen LogP contribution in [0.1, 0.15) is 25.1 Å².